The van der Waals surface area contributed by atoms with Crippen LogP contribution >= 0.6 is 0 Å². The summed E-state index contributed by atoms with van der Waals surface area (Å²) < 4.78 is 37.8. The van der Waals surface area contributed by atoms with E-state index in [9.17, 15) is 13.2 Å². The van der Waals surface area contributed by atoms with Gasteiger partial charge in [0.25, 0.3) is 0 Å². The second-order valence-corrected chi connectivity index (χ2v) is 5.16. The first kappa shape index (κ1) is 16.4. The monoisotopic (exact) mass is 284 g/mol. The van der Waals surface area contributed by atoms with Gasteiger partial charge in [-0.25, -0.2) is 0 Å². The van der Waals surface area contributed by atoms with Crippen LogP contribution in [0.1, 0.15) is 44.7 Å². The molecule has 2 unspecified atom stereocenters. The first-order chi connectivity index (χ1) is 9.27. The number of halogens is 3. The molecule has 0 heterocycles. The average molecular weight is 284 g/mol. The molecule has 1 N–H and O–H groups in total. The maximum absolute atomic E-state index is 12.6. The summed E-state index contributed by atoms with van der Waals surface area (Å²) >= 11 is 0. The fourth-order valence-electron chi connectivity index (χ4n) is 2.03. The van der Waals surface area contributed by atoms with Gasteiger partial charge in [0.1, 0.15) is 6.07 Å². The van der Waals surface area contributed by atoms with E-state index in [1.807, 2.05) is 13.0 Å². The van der Waals surface area contributed by atoms with Gasteiger partial charge in [-0.1, -0.05) is 20.3 Å². The van der Waals surface area contributed by atoms with Crippen molar-refractivity contribution in [3.05, 3.63) is 29.3 Å². The number of anilines is 1. The maximum Gasteiger partial charge on any atom is 0.416 e. The molecule has 0 saturated carbocycles. The molecule has 5 heteroatoms. The lowest BCUT2D eigenvalue weighted by Crippen LogP contribution is -2.19. The van der Waals surface area contributed by atoms with Crippen LogP contribution in [-0.4, -0.2) is 6.04 Å². The molecule has 1 aromatic rings. The van der Waals surface area contributed by atoms with Crippen LogP contribution in [0, 0.1) is 17.2 Å². The normalized spacial score (nSPS) is 14.4. The molecular weight excluding hydrogens is 265 g/mol. The Bertz CT molecular complexity index is 489. The minimum absolute atomic E-state index is 0.0239. The Morgan fingerprint density at radius 3 is 2.45 bits per heavy atom. The molecule has 110 valence electrons. The highest BCUT2D eigenvalue weighted by Gasteiger charge is 2.31. The Morgan fingerprint density at radius 2 is 1.95 bits per heavy atom. The summed E-state index contributed by atoms with van der Waals surface area (Å²) in [6.07, 6.45) is -2.47. The maximum atomic E-state index is 12.6. The Labute approximate surface area is 117 Å². The van der Waals surface area contributed by atoms with Crippen molar-refractivity contribution in [3.8, 4) is 6.07 Å². The van der Waals surface area contributed by atoms with Crippen LogP contribution in [0.3, 0.4) is 0 Å². The van der Waals surface area contributed by atoms with Crippen LogP contribution in [0.15, 0.2) is 18.2 Å². The van der Waals surface area contributed by atoms with Crippen LogP contribution in [0.2, 0.25) is 0 Å². The number of rotatable bonds is 5. The van der Waals surface area contributed by atoms with E-state index in [1.165, 1.54) is 6.07 Å². The van der Waals surface area contributed by atoms with Gasteiger partial charge in [-0.15, -0.1) is 0 Å². The summed E-state index contributed by atoms with van der Waals surface area (Å²) in [7, 11) is 0. The van der Waals surface area contributed by atoms with Gasteiger partial charge in [0, 0.05) is 6.04 Å². The fraction of sp³-hybridized carbons (Fsp3) is 0.533. The predicted octanol–water partition coefficient (Wildman–Crippen LogP) is 4.81. The minimum atomic E-state index is -4.42. The topological polar surface area (TPSA) is 35.8 Å². The van der Waals surface area contributed by atoms with Crippen molar-refractivity contribution >= 4 is 5.69 Å². The summed E-state index contributed by atoms with van der Waals surface area (Å²) in [5.74, 6) is 0.525. The summed E-state index contributed by atoms with van der Waals surface area (Å²) in [6, 6.07) is 5.14. The van der Waals surface area contributed by atoms with E-state index in [-0.39, 0.29) is 11.6 Å². The van der Waals surface area contributed by atoms with E-state index >= 15 is 0 Å². The number of hydrogen-bond acceptors (Lipinski definition) is 2. The smallest absolute Gasteiger partial charge is 0.382 e. The van der Waals surface area contributed by atoms with Gasteiger partial charge < -0.3 is 5.32 Å². The van der Waals surface area contributed by atoms with Gasteiger partial charge in [-0.05, 0) is 37.5 Å². The summed E-state index contributed by atoms with van der Waals surface area (Å²) in [4.78, 5) is 0. The van der Waals surface area contributed by atoms with Crippen LogP contribution in [0.5, 0.6) is 0 Å². The van der Waals surface area contributed by atoms with Crippen LogP contribution in [0.4, 0.5) is 18.9 Å². The van der Waals surface area contributed by atoms with Crippen LogP contribution in [0.25, 0.3) is 0 Å². The third-order valence-electron chi connectivity index (χ3n) is 3.32. The standard InChI is InChI=1S/C15H19F3N2/c1-4-10(2)7-11(3)20-14-6-5-13(15(16,17)18)8-12(14)9-19/h5-6,8,10-11,20H,4,7H2,1-3H3. The molecule has 2 atom stereocenters. The lowest BCUT2D eigenvalue weighted by Gasteiger charge is -2.20. The van der Waals surface area contributed by atoms with Crippen molar-refractivity contribution in [3.63, 3.8) is 0 Å². The zero-order chi connectivity index (χ0) is 15.3. The van der Waals surface area contributed by atoms with Gasteiger partial charge in [-0.3, -0.25) is 0 Å². The Hall–Kier alpha value is -1.70. The molecule has 0 fully saturated rings. The summed E-state index contributed by atoms with van der Waals surface area (Å²) in [5.41, 5.74) is -0.318. The van der Waals surface area contributed by atoms with Gasteiger partial charge >= 0.3 is 6.18 Å². The molecule has 0 aliphatic rings. The number of alkyl halides is 3. The predicted molar refractivity (Wildman–Crippen MR) is 73.3 cm³/mol. The second kappa shape index (κ2) is 6.65. The highest BCUT2D eigenvalue weighted by atomic mass is 19.4. The first-order valence-corrected chi connectivity index (χ1v) is 6.65. The highest BCUT2D eigenvalue weighted by Crippen LogP contribution is 2.32. The quantitative estimate of drug-likeness (QED) is 0.842. The molecule has 20 heavy (non-hydrogen) atoms. The fourth-order valence-corrected chi connectivity index (χ4v) is 2.03. The summed E-state index contributed by atoms with van der Waals surface area (Å²) in [6.45, 7) is 6.18. The zero-order valence-corrected chi connectivity index (χ0v) is 11.9. The van der Waals surface area contributed by atoms with Crippen molar-refractivity contribution in [1.82, 2.24) is 0 Å². The first-order valence-electron chi connectivity index (χ1n) is 6.65. The van der Waals surface area contributed by atoms with E-state index in [0.717, 1.165) is 25.0 Å². The van der Waals surface area contributed by atoms with E-state index in [2.05, 4.69) is 19.2 Å². The third kappa shape index (κ3) is 4.44. The summed E-state index contributed by atoms with van der Waals surface area (Å²) in [5, 5.41) is 12.1. The Balaban J connectivity index is 2.89. The second-order valence-electron chi connectivity index (χ2n) is 5.16. The van der Waals surface area contributed by atoms with Crippen LogP contribution < -0.4 is 5.32 Å². The lowest BCUT2D eigenvalue weighted by atomic mass is 9.99. The minimum Gasteiger partial charge on any atom is -0.382 e. The molecule has 0 spiro atoms. The van der Waals surface area contributed by atoms with Crippen molar-refractivity contribution in [2.45, 2.75) is 45.8 Å². The number of hydrogen-bond donors (Lipinski definition) is 1. The molecule has 0 amide bonds. The van der Waals surface area contributed by atoms with Crippen molar-refractivity contribution < 1.29 is 13.2 Å². The van der Waals surface area contributed by atoms with Crippen LogP contribution in [-0.2, 0) is 6.18 Å². The molecule has 0 radical (unpaired) electrons. The lowest BCUT2D eigenvalue weighted by molar-refractivity contribution is -0.137. The average Bonchev–Trinajstić information content (AvgIpc) is 2.37. The molecule has 0 aromatic heterocycles. The number of benzene rings is 1. The number of nitrogens with one attached hydrogen (secondary N) is 1. The molecule has 0 aliphatic carbocycles. The van der Waals surface area contributed by atoms with E-state index in [0.29, 0.717) is 11.6 Å². The largest absolute Gasteiger partial charge is 0.416 e. The molecule has 0 saturated heterocycles. The zero-order valence-electron chi connectivity index (χ0n) is 11.9. The third-order valence-corrected chi connectivity index (χ3v) is 3.32. The highest BCUT2D eigenvalue weighted by molar-refractivity contribution is 5.59. The van der Waals surface area contributed by atoms with E-state index < -0.39 is 11.7 Å². The van der Waals surface area contributed by atoms with Gasteiger partial charge in [0.15, 0.2) is 0 Å². The van der Waals surface area contributed by atoms with Gasteiger partial charge in [0.05, 0.1) is 16.8 Å². The molecule has 1 rings (SSSR count). The molecule has 0 aliphatic heterocycles. The van der Waals surface area contributed by atoms with Gasteiger partial charge in [-0.2, -0.15) is 18.4 Å². The Kier molecular flexibility index (Phi) is 5.43. The van der Waals surface area contributed by atoms with E-state index in [4.69, 9.17) is 5.26 Å². The number of nitriles is 1. The molecule has 1 aromatic carbocycles. The van der Waals surface area contributed by atoms with Crippen molar-refractivity contribution in [1.29, 1.82) is 5.26 Å². The van der Waals surface area contributed by atoms with E-state index in [1.54, 1.807) is 0 Å². The van der Waals surface area contributed by atoms with Gasteiger partial charge in [0.2, 0.25) is 0 Å². The molecule has 2 nitrogen and oxygen atoms in total. The number of nitrogens with zero attached hydrogens (tertiary/aromatic N) is 1. The van der Waals surface area contributed by atoms with Crippen molar-refractivity contribution in [2.24, 2.45) is 5.92 Å². The SMILES string of the molecule is CCC(C)CC(C)Nc1ccc(C(F)(F)F)cc1C#N. The molecule has 0 bridgehead atoms. The Morgan fingerprint density at radius 1 is 1.30 bits per heavy atom. The van der Waals surface area contributed by atoms with Crippen molar-refractivity contribution in [2.75, 3.05) is 5.32 Å². The molecular formula is C15H19F3N2.